The van der Waals surface area contributed by atoms with Gasteiger partial charge in [0.05, 0.1) is 18.5 Å². The number of aliphatic imine (C=N–C) groups is 1. The minimum Gasteiger partial charge on any atom is -0.481 e. The number of carboxylic acids is 1. The van der Waals surface area contributed by atoms with Gasteiger partial charge in [0.2, 0.25) is 35.4 Å². The molecule has 20 nitrogen and oxygen atoms in total. The molecule has 0 aliphatic carbocycles. The fraction of sp³-hybridized carbons (Fsp3) is 0.341. The molecule has 64 heavy (non-hydrogen) atoms. The number of primary amides is 1. The lowest BCUT2D eigenvalue weighted by Crippen LogP contribution is -2.60. The standard InChI is InChI=1S/C44H53N11O9/c1-23(2)36-43(64)53-31(38(45)59)19-27-21-49-37-28(10-6-11-29(27)37)25-13-15-26(16-14-25)39(60)52-30(12-7-17-48-44(46)47)40(61)50-22-34(56)51-33(20-35(57)58)41(62)54-32(42(63)55-36)18-24-8-4-3-5-9-24/h3-6,8-11,13-16,21,23,30-33,36,49H,7,12,17-20,22H2,1-2H3,(H2,45,59)(H,50,61)(H,51,56)(H,52,60)(H,53,64)(H,54,62)(H,55,63)(H,57,58)(H4,46,47,48)/t30-,31-,32+,33-,36-/m0/s1. The lowest BCUT2D eigenvalue weighted by molar-refractivity contribution is -0.141. The molecule has 0 saturated heterocycles. The fourth-order valence-electron chi connectivity index (χ4n) is 7.18. The molecule has 6 bridgehead atoms. The van der Waals surface area contributed by atoms with Crippen LogP contribution in [0.1, 0.15) is 54.6 Å². The Morgan fingerprint density at radius 3 is 2.09 bits per heavy atom. The van der Waals surface area contributed by atoms with Gasteiger partial charge in [-0.25, -0.2) is 0 Å². The van der Waals surface area contributed by atoms with E-state index in [-0.39, 0.29) is 43.8 Å². The summed E-state index contributed by atoms with van der Waals surface area (Å²) in [7, 11) is 0. The van der Waals surface area contributed by atoms with Crippen molar-refractivity contribution in [3.63, 3.8) is 0 Å². The van der Waals surface area contributed by atoms with Crippen LogP contribution in [0.2, 0.25) is 0 Å². The van der Waals surface area contributed by atoms with Crippen molar-refractivity contribution in [3.8, 4) is 11.1 Å². The molecule has 2 aliphatic heterocycles. The number of para-hydroxylation sites is 1. The van der Waals surface area contributed by atoms with Crippen LogP contribution in [0.4, 0.5) is 0 Å². The summed E-state index contributed by atoms with van der Waals surface area (Å²) in [4.78, 5) is 114. The highest BCUT2D eigenvalue weighted by Gasteiger charge is 2.34. The number of nitrogens with zero attached hydrogens (tertiary/aromatic N) is 1. The maximum Gasteiger partial charge on any atom is 0.305 e. The SMILES string of the molecule is CC(C)[C@@H]1NC(=O)[C@@H](Cc2ccccc2)NC(=O)[C@H](CC(=O)O)NC(=O)CNC(=O)[C@H](CCCN=C(N)N)NC(=O)c2ccc(cc2)-c2cccc3c(c[nH]c23)C[C@@H](C(N)=O)NC1=O. The second-order valence-corrected chi connectivity index (χ2v) is 15.7. The Morgan fingerprint density at radius 1 is 0.750 bits per heavy atom. The highest BCUT2D eigenvalue weighted by Crippen LogP contribution is 2.31. The molecule has 0 fully saturated rings. The molecule has 6 rings (SSSR count). The third-order valence-corrected chi connectivity index (χ3v) is 10.5. The Kier molecular flexibility index (Phi) is 16.1. The van der Waals surface area contributed by atoms with Crippen molar-refractivity contribution in [1.82, 2.24) is 36.9 Å². The number of carbonyl (C=O) groups excluding carboxylic acids is 7. The number of carboxylic acid groups (broad SMARTS) is 1. The summed E-state index contributed by atoms with van der Waals surface area (Å²) in [5, 5.41) is 25.7. The molecular weight excluding hydrogens is 827 g/mol. The number of carbonyl (C=O) groups is 8. The van der Waals surface area contributed by atoms with Gasteiger partial charge in [-0.3, -0.25) is 43.3 Å². The third-order valence-electron chi connectivity index (χ3n) is 10.5. The molecule has 1 aromatic heterocycles. The molecule has 14 N–H and O–H groups in total. The summed E-state index contributed by atoms with van der Waals surface area (Å²) >= 11 is 0. The minimum atomic E-state index is -1.73. The van der Waals surface area contributed by atoms with E-state index in [1.54, 1.807) is 74.6 Å². The number of hydrogen-bond donors (Lipinski definition) is 11. The van der Waals surface area contributed by atoms with Crippen molar-refractivity contribution in [2.24, 2.45) is 28.1 Å². The Labute approximate surface area is 367 Å². The maximum atomic E-state index is 14.1. The van der Waals surface area contributed by atoms with Gasteiger partial charge in [0, 0.05) is 42.1 Å². The quantitative estimate of drug-likeness (QED) is 0.0416. The Bertz CT molecular complexity index is 2400. The molecule has 0 saturated carbocycles. The van der Waals surface area contributed by atoms with Crippen LogP contribution in [-0.2, 0) is 46.4 Å². The van der Waals surface area contributed by atoms with Crippen LogP contribution < -0.4 is 49.1 Å². The van der Waals surface area contributed by atoms with Crippen molar-refractivity contribution in [2.45, 2.75) is 76.2 Å². The van der Waals surface area contributed by atoms with Crippen molar-refractivity contribution >= 4 is 64.2 Å². The lowest BCUT2D eigenvalue weighted by Gasteiger charge is -2.28. The van der Waals surface area contributed by atoms with Gasteiger partial charge in [-0.15, -0.1) is 0 Å². The number of nitrogens with two attached hydrogens (primary N) is 3. The topological polar surface area (TPSA) is 335 Å². The number of nitrogens with one attached hydrogen (secondary N) is 7. The van der Waals surface area contributed by atoms with Crippen molar-refractivity contribution < 1.29 is 43.5 Å². The van der Waals surface area contributed by atoms with E-state index >= 15 is 0 Å². The molecule has 0 spiro atoms. The summed E-state index contributed by atoms with van der Waals surface area (Å²) in [6.07, 6.45) is 0.966. The predicted molar refractivity (Wildman–Crippen MR) is 236 cm³/mol. The first-order valence-electron chi connectivity index (χ1n) is 20.6. The zero-order chi connectivity index (χ0) is 46.5. The third kappa shape index (κ3) is 12.9. The molecular formula is C44H53N11O9. The van der Waals surface area contributed by atoms with E-state index in [0.717, 1.165) is 16.5 Å². The van der Waals surface area contributed by atoms with Gasteiger partial charge in [-0.1, -0.05) is 74.5 Å². The van der Waals surface area contributed by atoms with E-state index in [9.17, 15) is 43.5 Å². The largest absolute Gasteiger partial charge is 0.481 e. The average molecular weight is 880 g/mol. The van der Waals surface area contributed by atoms with E-state index in [4.69, 9.17) is 17.2 Å². The summed E-state index contributed by atoms with van der Waals surface area (Å²) in [5.41, 5.74) is 20.3. The van der Waals surface area contributed by atoms with E-state index in [1.165, 1.54) is 0 Å². The smallest absolute Gasteiger partial charge is 0.305 e. The number of rotatable bonds is 10. The normalized spacial score (nSPS) is 20.6. The van der Waals surface area contributed by atoms with Gasteiger partial charge in [-0.05, 0) is 47.6 Å². The number of benzene rings is 3. The van der Waals surface area contributed by atoms with Crippen LogP contribution in [0.15, 0.2) is 84.0 Å². The average Bonchev–Trinajstić information content (AvgIpc) is 3.67. The van der Waals surface area contributed by atoms with Crippen LogP contribution >= 0.6 is 0 Å². The molecule has 0 unspecified atom stereocenters. The highest BCUT2D eigenvalue weighted by atomic mass is 16.4. The van der Waals surface area contributed by atoms with Gasteiger partial charge in [0.15, 0.2) is 5.96 Å². The predicted octanol–water partition coefficient (Wildman–Crippen LogP) is -0.543. The molecule has 338 valence electrons. The summed E-state index contributed by atoms with van der Waals surface area (Å²) in [5.74, 6) is -7.94. The number of H-pyrrole nitrogens is 1. The van der Waals surface area contributed by atoms with Gasteiger partial charge >= 0.3 is 5.97 Å². The number of aliphatic carboxylic acids is 1. The Balaban J connectivity index is 1.52. The van der Waals surface area contributed by atoms with Crippen molar-refractivity contribution in [2.75, 3.05) is 13.1 Å². The summed E-state index contributed by atoms with van der Waals surface area (Å²) < 4.78 is 0. The van der Waals surface area contributed by atoms with Crippen LogP contribution in [0.3, 0.4) is 0 Å². The van der Waals surface area contributed by atoms with Gasteiger partial charge in [0.1, 0.15) is 30.2 Å². The molecule has 3 aromatic carbocycles. The van der Waals surface area contributed by atoms with Crippen molar-refractivity contribution in [1.29, 1.82) is 0 Å². The van der Waals surface area contributed by atoms with Gasteiger partial charge in [-0.2, -0.15) is 0 Å². The van der Waals surface area contributed by atoms with E-state index in [2.05, 4.69) is 41.9 Å². The van der Waals surface area contributed by atoms with Crippen LogP contribution in [0.25, 0.3) is 22.0 Å². The van der Waals surface area contributed by atoms with Crippen LogP contribution in [0.5, 0.6) is 0 Å². The number of aromatic amines is 1. The molecule has 4 aromatic rings. The first kappa shape index (κ1) is 47.3. The molecule has 7 amide bonds. The summed E-state index contributed by atoms with van der Waals surface area (Å²) in [6, 6.07) is 13.9. The summed E-state index contributed by atoms with van der Waals surface area (Å²) in [6.45, 7) is 2.74. The molecule has 20 heteroatoms. The number of guanidine groups is 1. The zero-order valence-electron chi connectivity index (χ0n) is 35.3. The molecule has 5 atom stereocenters. The maximum absolute atomic E-state index is 14.1. The highest BCUT2D eigenvalue weighted by molar-refractivity contribution is 6.01. The van der Waals surface area contributed by atoms with Crippen molar-refractivity contribution in [3.05, 3.63) is 95.7 Å². The second-order valence-electron chi connectivity index (χ2n) is 15.7. The Hall–Kier alpha value is -7.77. The number of amides is 7. The number of fused-ring (bicyclic) bond motifs is 20. The first-order chi connectivity index (χ1) is 30.5. The zero-order valence-corrected chi connectivity index (χ0v) is 35.3. The lowest BCUT2D eigenvalue weighted by atomic mass is 9.97. The minimum absolute atomic E-state index is 0.0214. The second kappa shape index (κ2) is 21.8. The number of hydrogen-bond acceptors (Lipinski definition) is 9. The molecule has 2 aliphatic rings. The van der Waals surface area contributed by atoms with Crippen LogP contribution in [-0.4, -0.2) is 107 Å². The van der Waals surface area contributed by atoms with Gasteiger partial charge in [0.25, 0.3) is 5.91 Å². The van der Waals surface area contributed by atoms with Crippen LogP contribution in [0, 0.1) is 5.92 Å². The number of aromatic nitrogens is 1. The first-order valence-corrected chi connectivity index (χ1v) is 20.6. The van der Waals surface area contributed by atoms with E-state index in [0.29, 0.717) is 16.6 Å². The monoisotopic (exact) mass is 879 g/mol. The fourth-order valence-corrected chi connectivity index (χ4v) is 7.18. The Morgan fingerprint density at radius 2 is 1.44 bits per heavy atom. The van der Waals surface area contributed by atoms with E-state index < -0.39 is 96.4 Å². The van der Waals surface area contributed by atoms with Gasteiger partial charge < -0.3 is 59.2 Å². The van der Waals surface area contributed by atoms with E-state index in [1.807, 2.05) is 18.2 Å². The molecule has 0 radical (unpaired) electrons. The molecule has 3 heterocycles.